The smallest absolute Gasteiger partial charge is 0.325 e. The van der Waals surface area contributed by atoms with Gasteiger partial charge in [0, 0.05) is 19.4 Å². The first-order valence-electron chi connectivity index (χ1n) is 3.68. The van der Waals surface area contributed by atoms with E-state index in [1.165, 1.54) is 0 Å². The lowest BCUT2D eigenvalue weighted by molar-refractivity contribution is 0.144. The first-order chi connectivity index (χ1) is 5.06. The summed E-state index contributed by atoms with van der Waals surface area (Å²) in [5.41, 5.74) is 0. The molecule has 68 valence electrons. The quantitative estimate of drug-likeness (QED) is 0.474. The summed E-state index contributed by atoms with van der Waals surface area (Å²) in [6.07, 6.45) is 1.23. The van der Waals surface area contributed by atoms with Gasteiger partial charge in [0.2, 0.25) is 0 Å². The van der Waals surface area contributed by atoms with E-state index in [4.69, 9.17) is 14.5 Å². The second-order valence-electron chi connectivity index (χ2n) is 2.29. The molecule has 0 aromatic carbocycles. The van der Waals surface area contributed by atoms with Gasteiger partial charge < -0.3 is 14.5 Å². The van der Waals surface area contributed by atoms with Crippen molar-refractivity contribution in [1.82, 2.24) is 0 Å². The summed E-state index contributed by atoms with van der Waals surface area (Å²) in [6, 6.07) is 0. The summed E-state index contributed by atoms with van der Waals surface area (Å²) in [4.78, 5) is 16.9. The monoisotopic (exact) mass is 182 g/mol. The van der Waals surface area contributed by atoms with Crippen molar-refractivity contribution < 1.29 is 19.1 Å². The third-order valence-corrected chi connectivity index (χ3v) is 2.09. The summed E-state index contributed by atoms with van der Waals surface area (Å²) in [6.45, 7) is 3.15. The number of ether oxygens (including phenoxy) is 1. The Kier molecular flexibility index (Phi) is 5.78. The van der Waals surface area contributed by atoms with Crippen LogP contribution in [0.5, 0.6) is 0 Å². The predicted octanol–water partition coefficient (Wildman–Crippen LogP) is 0.981. The third kappa shape index (κ3) is 10.1. The van der Waals surface area contributed by atoms with Crippen LogP contribution in [-0.2, 0) is 9.30 Å². The van der Waals surface area contributed by atoms with Crippen molar-refractivity contribution in [3.63, 3.8) is 0 Å². The molecule has 0 spiro atoms. The minimum absolute atomic E-state index is 0.0277. The van der Waals surface area contributed by atoms with Crippen LogP contribution in [0.25, 0.3) is 0 Å². The summed E-state index contributed by atoms with van der Waals surface area (Å²) in [7, 11) is -3.77. The Balaban J connectivity index is 3.09. The van der Waals surface area contributed by atoms with Crippen LogP contribution in [-0.4, -0.2) is 29.2 Å². The molecule has 0 aliphatic heterocycles. The maximum absolute atomic E-state index is 10.3. The summed E-state index contributed by atoms with van der Waals surface area (Å²) >= 11 is 0. The number of hydrogen-bond donors (Lipinski definition) is 2. The molecule has 0 aliphatic carbocycles. The Morgan fingerprint density at radius 3 is 2.45 bits per heavy atom. The molecule has 0 saturated heterocycles. The van der Waals surface area contributed by atoms with E-state index in [1.807, 2.05) is 6.92 Å². The standard InChI is InChI=1S/C6H15O4P/c1-2-10-5-3-4-6-11(7,8)9/h2-6H2,1H3,(H2,7,8,9). The van der Waals surface area contributed by atoms with Crippen LogP contribution in [0.3, 0.4) is 0 Å². The van der Waals surface area contributed by atoms with E-state index >= 15 is 0 Å². The van der Waals surface area contributed by atoms with Gasteiger partial charge in [-0.15, -0.1) is 0 Å². The maximum Gasteiger partial charge on any atom is 0.325 e. The summed E-state index contributed by atoms with van der Waals surface area (Å²) < 4.78 is 15.3. The molecule has 5 heteroatoms. The average Bonchev–Trinajstić information content (AvgIpc) is 1.85. The first kappa shape index (κ1) is 11.1. The van der Waals surface area contributed by atoms with Crippen LogP contribution in [0, 0.1) is 0 Å². The van der Waals surface area contributed by atoms with Gasteiger partial charge in [0.15, 0.2) is 0 Å². The molecule has 0 heterocycles. The molecule has 0 radical (unpaired) electrons. The Hall–Kier alpha value is 0.110. The molecular formula is C6H15O4P. The van der Waals surface area contributed by atoms with Gasteiger partial charge in [-0.1, -0.05) is 0 Å². The van der Waals surface area contributed by atoms with E-state index < -0.39 is 7.60 Å². The normalized spacial score (nSPS) is 11.9. The van der Waals surface area contributed by atoms with Gasteiger partial charge in [0.05, 0.1) is 0 Å². The highest BCUT2D eigenvalue weighted by Gasteiger charge is 2.10. The zero-order valence-electron chi connectivity index (χ0n) is 6.69. The topological polar surface area (TPSA) is 66.8 Å². The fraction of sp³-hybridized carbons (Fsp3) is 1.00. The van der Waals surface area contributed by atoms with E-state index in [9.17, 15) is 4.57 Å². The number of hydrogen-bond acceptors (Lipinski definition) is 2. The fourth-order valence-corrected chi connectivity index (χ4v) is 1.30. The predicted molar refractivity (Wildman–Crippen MR) is 42.6 cm³/mol. The lowest BCUT2D eigenvalue weighted by Gasteiger charge is -2.02. The van der Waals surface area contributed by atoms with E-state index in [2.05, 4.69) is 0 Å². The van der Waals surface area contributed by atoms with Gasteiger partial charge in [-0.2, -0.15) is 0 Å². The molecule has 0 aromatic heterocycles. The SMILES string of the molecule is CCOCCCCP(=O)(O)O. The summed E-state index contributed by atoms with van der Waals surface area (Å²) in [5.74, 6) is 0. The molecule has 0 unspecified atom stereocenters. The van der Waals surface area contributed by atoms with Gasteiger partial charge in [-0.05, 0) is 19.8 Å². The number of rotatable bonds is 6. The van der Waals surface area contributed by atoms with E-state index in [0.717, 1.165) is 6.42 Å². The van der Waals surface area contributed by atoms with Gasteiger partial charge >= 0.3 is 7.60 Å². The van der Waals surface area contributed by atoms with Crippen molar-refractivity contribution >= 4 is 7.60 Å². The molecule has 2 N–H and O–H groups in total. The van der Waals surface area contributed by atoms with Crippen molar-refractivity contribution in [2.24, 2.45) is 0 Å². The van der Waals surface area contributed by atoms with Crippen LogP contribution >= 0.6 is 7.60 Å². The minimum atomic E-state index is -3.77. The zero-order valence-corrected chi connectivity index (χ0v) is 7.59. The van der Waals surface area contributed by atoms with Gasteiger partial charge in [-0.3, -0.25) is 4.57 Å². The van der Waals surface area contributed by atoms with E-state index in [0.29, 0.717) is 19.6 Å². The van der Waals surface area contributed by atoms with Crippen LogP contribution in [0.15, 0.2) is 0 Å². The lowest BCUT2D eigenvalue weighted by Crippen LogP contribution is -1.95. The molecule has 0 saturated carbocycles. The van der Waals surface area contributed by atoms with Crippen LogP contribution in [0.4, 0.5) is 0 Å². The van der Waals surface area contributed by atoms with Crippen molar-refractivity contribution in [3.05, 3.63) is 0 Å². The molecule has 0 rings (SSSR count). The fourth-order valence-electron chi connectivity index (χ4n) is 0.666. The highest BCUT2D eigenvalue weighted by atomic mass is 31.2. The van der Waals surface area contributed by atoms with Crippen LogP contribution in [0.2, 0.25) is 0 Å². The van der Waals surface area contributed by atoms with E-state index in [1.54, 1.807) is 0 Å². The van der Waals surface area contributed by atoms with Crippen molar-refractivity contribution in [1.29, 1.82) is 0 Å². The van der Waals surface area contributed by atoms with Gasteiger partial charge in [0.25, 0.3) is 0 Å². The summed E-state index contributed by atoms with van der Waals surface area (Å²) in [5, 5.41) is 0. The maximum atomic E-state index is 10.3. The minimum Gasteiger partial charge on any atom is -0.382 e. The van der Waals surface area contributed by atoms with Crippen LogP contribution in [0.1, 0.15) is 19.8 Å². The molecule has 11 heavy (non-hydrogen) atoms. The molecule has 0 bridgehead atoms. The molecule has 0 aliphatic rings. The van der Waals surface area contributed by atoms with Crippen LogP contribution < -0.4 is 0 Å². The third-order valence-electron chi connectivity index (χ3n) is 1.19. The van der Waals surface area contributed by atoms with Crippen molar-refractivity contribution in [2.75, 3.05) is 19.4 Å². The second-order valence-corrected chi connectivity index (χ2v) is 4.07. The lowest BCUT2D eigenvalue weighted by atomic mass is 10.4. The zero-order chi connectivity index (χ0) is 8.74. The van der Waals surface area contributed by atoms with E-state index in [-0.39, 0.29) is 6.16 Å². The Labute approximate surface area is 66.7 Å². The average molecular weight is 182 g/mol. The second kappa shape index (κ2) is 5.72. The first-order valence-corrected chi connectivity index (χ1v) is 5.48. The number of unbranched alkanes of at least 4 members (excludes halogenated alkanes) is 1. The highest BCUT2D eigenvalue weighted by Crippen LogP contribution is 2.35. The van der Waals surface area contributed by atoms with Gasteiger partial charge in [-0.25, -0.2) is 0 Å². The highest BCUT2D eigenvalue weighted by molar-refractivity contribution is 7.51. The molecular weight excluding hydrogens is 167 g/mol. The Morgan fingerprint density at radius 1 is 1.36 bits per heavy atom. The molecule has 0 aromatic rings. The van der Waals surface area contributed by atoms with Crippen molar-refractivity contribution in [2.45, 2.75) is 19.8 Å². The molecule has 0 amide bonds. The Morgan fingerprint density at radius 2 is 2.00 bits per heavy atom. The van der Waals surface area contributed by atoms with Crippen molar-refractivity contribution in [3.8, 4) is 0 Å². The molecule has 0 atom stereocenters. The molecule has 0 fully saturated rings. The largest absolute Gasteiger partial charge is 0.382 e. The van der Waals surface area contributed by atoms with Gasteiger partial charge in [0.1, 0.15) is 0 Å². The molecule has 4 nitrogen and oxygen atoms in total. The Bertz CT molecular complexity index is 131.